The fourth-order valence-corrected chi connectivity index (χ4v) is 3.76. The summed E-state index contributed by atoms with van der Waals surface area (Å²) in [6, 6.07) is 8.51. The number of anilines is 1. The fraction of sp³-hybridized carbons (Fsp3) is 0.611. The first kappa shape index (κ1) is 16.1. The van der Waals surface area contributed by atoms with Crippen LogP contribution in [0.4, 0.5) is 5.69 Å². The first-order chi connectivity index (χ1) is 11.2. The second-order valence-corrected chi connectivity index (χ2v) is 6.76. The molecule has 1 saturated carbocycles. The van der Waals surface area contributed by atoms with Gasteiger partial charge in [-0.15, -0.1) is 0 Å². The predicted octanol–water partition coefficient (Wildman–Crippen LogP) is 1.91. The molecule has 5 heteroatoms. The van der Waals surface area contributed by atoms with Crippen LogP contribution < -0.4 is 20.7 Å². The second kappa shape index (κ2) is 7.21. The molecule has 3 atom stereocenters. The first-order valence-electron chi connectivity index (χ1n) is 8.59. The van der Waals surface area contributed by atoms with Gasteiger partial charge >= 0.3 is 0 Å². The Kier molecular flexibility index (Phi) is 5.06. The fourth-order valence-electron chi connectivity index (χ4n) is 3.76. The Hall–Kier alpha value is -1.75. The second-order valence-electron chi connectivity index (χ2n) is 6.76. The number of rotatable bonds is 5. The van der Waals surface area contributed by atoms with Gasteiger partial charge in [0.05, 0.1) is 7.11 Å². The van der Waals surface area contributed by atoms with Crippen molar-refractivity contribution in [2.45, 2.75) is 44.2 Å². The quantitative estimate of drug-likeness (QED) is 0.870. The Balaban J connectivity index is 1.50. The normalized spacial score (nSPS) is 27.2. The minimum atomic E-state index is 0.157. The number of hydrogen-bond acceptors (Lipinski definition) is 4. The zero-order chi connectivity index (χ0) is 16.2. The van der Waals surface area contributed by atoms with Gasteiger partial charge in [-0.1, -0.05) is 12.5 Å². The smallest absolute Gasteiger partial charge is 0.220 e. The predicted molar refractivity (Wildman–Crippen MR) is 91.7 cm³/mol. The van der Waals surface area contributed by atoms with E-state index in [4.69, 9.17) is 10.5 Å². The van der Waals surface area contributed by atoms with Gasteiger partial charge in [-0.3, -0.25) is 4.79 Å². The van der Waals surface area contributed by atoms with Gasteiger partial charge in [0.15, 0.2) is 0 Å². The van der Waals surface area contributed by atoms with Crippen LogP contribution in [0.3, 0.4) is 0 Å². The number of methoxy groups -OCH3 is 1. The summed E-state index contributed by atoms with van der Waals surface area (Å²) in [5.41, 5.74) is 7.21. The van der Waals surface area contributed by atoms with Crippen molar-refractivity contribution in [1.82, 2.24) is 5.32 Å². The highest BCUT2D eigenvalue weighted by atomic mass is 16.5. The molecule has 1 amide bonds. The summed E-state index contributed by atoms with van der Waals surface area (Å²) in [4.78, 5) is 14.5. The van der Waals surface area contributed by atoms with Gasteiger partial charge in [-0.05, 0) is 37.3 Å². The minimum Gasteiger partial charge on any atom is -0.497 e. The lowest BCUT2D eigenvalue weighted by Gasteiger charge is -2.20. The number of ether oxygens (including phenoxy) is 1. The van der Waals surface area contributed by atoms with Crippen molar-refractivity contribution in [2.24, 2.45) is 11.7 Å². The third kappa shape index (κ3) is 3.96. The molecule has 1 heterocycles. The van der Waals surface area contributed by atoms with E-state index in [-0.39, 0.29) is 18.0 Å². The average Bonchev–Trinajstić information content (AvgIpc) is 3.17. The molecule has 3 rings (SSSR count). The van der Waals surface area contributed by atoms with Crippen LogP contribution in [0.15, 0.2) is 24.3 Å². The number of nitrogens with zero attached hydrogens (tertiary/aromatic N) is 1. The SMILES string of the molecule is COc1cccc(N2CCC(NC(=O)C[C@@H]3CCC[C@H]3N)C2)c1. The van der Waals surface area contributed by atoms with Gasteiger partial charge in [-0.2, -0.15) is 0 Å². The topological polar surface area (TPSA) is 67.6 Å². The minimum absolute atomic E-state index is 0.157. The standard InChI is InChI=1S/C18H27N3O2/c1-23-16-6-3-5-15(11-16)21-9-8-14(12-21)20-18(22)10-13-4-2-7-17(13)19/h3,5-6,11,13-14,17H,2,4,7-10,12,19H2,1H3,(H,20,22)/t13-,14?,17+/m0/s1. The molecular weight excluding hydrogens is 290 g/mol. The number of carbonyl (C=O) groups excluding carboxylic acids is 1. The molecule has 2 fully saturated rings. The van der Waals surface area contributed by atoms with Gasteiger partial charge in [0.25, 0.3) is 0 Å². The van der Waals surface area contributed by atoms with Crippen LogP contribution in [-0.4, -0.2) is 38.2 Å². The lowest BCUT2D eigenvalue weighted by molar-refractivity contribution is -0.122. The number of benzene rings is 1. The Morgan fingerprint density at radius 2 is 2.26 bits per heavy atom. The number of carbonyl (C=O) groups is 1. The van der Waals surface area contributed by atoms with Crippen molar-refractivity contribution < 1.29 is 9.53 Å². The van der Waals surface area contributed by atoms with Gasteiger partial charge in [-0.25, -0.2) is 0 Å². The Morgan fingerprint density at radius 3 is 3.00 bits per heavy atom. The van der Waals surface area contributed by atoms with Crippen molar-refractivity contribution in [3.05, 3.63) is 24.3 Å². The summed E-state index contributed by atoms with van der Waals surface area (Å²) in [5, 5.41) is 3.19. The molecule has 1 unspecified atom stereocenters. The monoisotopic (exact) mass is 317 g/mol. The molecule has 0 radical (unpaired) electrons. The van der Waals surface area contributed by atoms with Crippen LogP contribution in [-0.2, 0) is 4.79 Å². The van der Waals surface area contributed by atoms with E-state index >= 15 is 0 Å². The molecule has 5 nitrogen and oxygen atoms in total. The molecule has 0 bridgehead atoms. The molecule has 0 aromatic heterocycles. The molecule has 126 valence electrons. The largest absolute Gasteiger partial charge is 0.497 e. The maximum Gasteiger partial charge on any atom is 0.220 e. The third-order valence-corrected chi connectivity index (χ3v) is 5.14. The molecule has 3 N–H and O–H groups in total. The molecule has 1 aromatic rings. The van der Waals surface area contributed by atoms with Crippen molar-refractivity contribution in [3.63, 3.8) is 0 Å². The van der Waals surface area contributed by atoms with Crippen LogP contribution in [0.1, 0.15) is 32.1 Å². The molecule has 23 heavy (non-hydrogen) atoms. The van der Waals surface area contributed by atoms with E-state index in [1.807, 2.05) is 18.2 Å². The van der Waals surface area contributed by atoms with E-state index in [1.165, 1.54) is 0 Å². The third-order valence-electron chi connectivity index (χ3n) is 5.14. The average molecular weight is 317 g/mol. The van der Waals surface area contributed by atoms with E-state index in [2.05, 4.69) is 16.3 Å². The van der Waals surface area contributed by atoms with E-state index < -0.39 is 0 Å². The van der Waals surface area contributed by atoms with E-state index in [0.717, 1.165) is 50.2 Å². The lowest BCUT2D eigenvalue weighted by atomic mass is 9.99. The van der Waals surface area contributed by atoms with Crippen molar-refractivity contribution in [2.75, 3.05) is 25.1 Å². The number of nitrogens with one attached hydrogen (secondary N) is 1. The van der Waals surface area contributed by atoms with Gasteiger partial charge in [0.1, 0.15) is 5.75 Å². The van der Waals surface area contributed by atoms with Crippen molar-refractivity contribution in [3.8, 4) is 5.75 Å². The Morgan fingerprint density at radius 1 is 1.39 bits per heavy atom. The van der Waals surface area contributed by atoms with Crippen LogP contribution in [0.25, 0.3) is 0 Å². The highest BCUT2D eigenvalue weighted by Crippen LogP contribution is 2.27. The maximum absolute atomic E-state index is 12.2. The molecule has 0 spiro atoms. The Labute approximate surface area is 138 Å². The number of nitrogens with two attached hydrogens (primary N) is 1. The summed E-state index contributed by atoms with van der Waals surface area (Å²) in [7, 11) is 1.68. The summed E-state index contributed by atoms with van der Waals surface area (Å²) in [6.45, 7) is 1.82. The maximum atomic E-state index is 12.2. The zero-order valence-electron chi connectivity index (χ0n) is 13.8. The van der Waals surface area contributed by atoms with Crippen LogP contribution >= 0.6 is 0 Å². The van der Waals surface area contributed by atoms with E-state index in [1.54, 1.807) is 7.11 Å². The molecular formula is C18H27N3O2. The van der Waals surface area contributed by atoms with E-state index in [0.29, 0.717) is 12.3 Å². The summed E-state index contributed by atoms with van der Waals surface area (Å²) >= 11 is 0. The van der Waals surface area contributed by atoms with Gasteiger partial charge < -0.3 is 20.7 Å². The highest BCUT2D eigenvalue weighted by molar-refractivity contribution is 5.76. The number of amides is 1. The Bertz CT molecular complexity index is 549. The van der Waals surface area contributed by atoms with E-state index in [9.17, 15) is 4.79 Å². The number of hydrogen-bond donors (Lipinski definition) is 2. The highest BCUT2D eigenvalue weighted by Gasteiger charge is 2.28. The molecule has 1 aliphatic carbocycles. The summed E-state index contributed by atoms with van der Waals surface area (Å²) in [6.07, 6.45) is 4.88. The van der Waals surface area contributed by atoms with Crippen LogP contribution in [0.2, 0.25) is 0 Å². The van der Waals surface area contributed by atoms with Gasteiger partial charge in [0, 0.05) is 43.3 Å². The van der Waals surface area contributed by atoms with Gasteiger partial charge in [0.2, 0.25) is 5.91 Å². The van der Waals surface area contributed by atoms with Crippen molar-refractivity contribution in [1.29, 1.82) is 0 Å². The zero-order valence-corrected chi connectivity index (χ0v) is 13.8. The molecule has 1 aliphatic heterocycles. The van der Waals surface area contributed by atoms with Crippen molar-refractivity contribution >= 4 is 11.6 Å². The van der Waals surface area contributed by atoms with Crippen LogP contribution in [0, 0.1) is 5.92 Å². The molecule has 1 saturated heterocycles. The molecule has 2 aliphatic rings. The van der Waals surface area contributed by atoms with Crippen LogP contribution in [0.5, 0.6) is 5.75 Å². The summed E-state index contributed by atoms with van der Waals surface area (Å²) < 4.78 is 5.28. The summed E-state index contributed by atoms with van der Waals surface area (Å²) in [5.74, 6) is 1.39. The lowest BCUT2D eigenvalue weighted by Crippen LogP contribution is -2.39. The first-order valence-corrected chi connectivity index (χ1v) is 8.59. The molecule has 1 aromatic carbocycles.